The molecule has 0 radical (unpaired) electrons. The molecule has 0 heterocycles. The fourth-order valence-corrected chi connectivity index (χ4v) is 4.02. The molecular weight excluding hydrogens is 472 g/mol. The number of nitrogens with one attached hydrogen (secondary N) is 1. The van der Waals surface area contributed by atoms with Crippen LogP contribution >= 0.6 is 11.6 Å². The molecule has 0 aliphatic heterocycles. The molecule has 3 aromatic rings. The summed E-state index contributed by atoms with van der Waals surface area (Å²) in [5.41, 5.74) is 3.09. The average Bonchev–Trinajstić information content (AvgIpc) is 2.89. The van der Waals surface area contributed by atoms with Gasteiger partial charge >= 0.3 is 0 Å². The third-order valence-corrected chi connectivity index (χ3v) is 6.16. The minimum absolute atomic E-state index is 0.0787. The first-order chi connectivity index (χ1) is 17.5. The van der Waals surface area contributed by atoms with Gasteiger partial charge in [0.15, 0.2) is 0 Å². The number of hydrogen-bond acceptors (Lipinski definition) is 3. The Balaban J connectivity index is 1.76. The second-order valence-corrected chi connectivity index (χ2v) is 9.35. The lowest BCUT2D eigenvalue weighted by Gasteiger charge is -2.31. The summed E-state index contributed by atoms with van der Waals surface area (Å²) in [6.07, 6.45) is 2.10. The Morgan fingerprint density at radius 2 is 1.64 bits per heavy atom. The summed E-state index contributed by atoms with van der Waals surface area (Å²) in [5, 5.41) is 3.63. The van der Waals surface area contributed by atoms with E-state index in [4.69, 9.17) is 16.3 Å². The van der Waals surface area contributed by atoms with Gasteiger partial charge in [0.05, 0.1) is 6.61 Å². The number of carbonyl (C=O) groups excluding carboxylic acids is 2. The van der Waals surface area contributed by atoms with Crippen molar-refractivity contribution in [1.82, 2.24) is 10.2 Å². The molecule has 3 aromatic carbocycles. The maximum absolute atomic E-state index is 13.5. The van der Waals surface area contributed by atoms with Crippen LogP contribution in [0.3, 0.4) is 0 Å². The molecule has 1 atom stereocenters. The molecule has 0 saturated carbocycles. The number of nitrogens with zero attached hydrogens (tertiary/aromatic N) is 1. The van der Waals surface area contributed by atoms with Crippen molar-refractivity contribution in [2.75, 3.05) is 13.2 Å². The Morgan fingerprint density at radius 3 is 2.31 bits per heavy atom. The number of ether oxygens (including phenoxy) is 1. The highest BCUT2D eigenvalue weighted by atomic mass is 35.5. The highest BCUT2D eigenvalue weighted by molar-refractivity contribution is 6.30. The van der Waals surface area contributed by atoms with E-state index in [0.717, 1.165) is 23.3 Å². The first-order valence-electron chi connectivity index (χ1n) is 12.5. The number of aryl methyl sites for hydroxylation is 1. The molecule has 0 fully saturated rings. The molecule has 2 amide bonds. The molecule has 0 aromatic heterocycles. The lowest BCUT2D eigenvalue weighted by molar-refractivity contribution is -0.141. The Labute approximate surface area is 219 Å². The molecule has 0 aliphatic carbocycles. The number of benzene rings is 3. The van der Waals surface area contributed by atoms with E-state index in [1.54, 1.807) is 17.0 Å². The lowest BCUT2D eigenvalue weighted by Crippen LogP contribution is -2.50. The first-order valence-corrected chi connectivity index (χ1v) is 12.9. The first kappa shape index (κ1) is 27.3. The maximum Gasteiger partial charge on any atom is 0.243 e. The minimum Gasteiger partial charge on any atom is -0.494 e. The number of halogens is 1. The zero-order valence-electron chi connectivity index (χ0n) is 21.1. The van der Waals surface area contributed by atoms with Gasteiger partial charge in [-0.3, -0.25) is 9.59 Å². The fraction of sp³-hybridized carbons (Fsp3) is 0.333. The van der Waals surface area contributed by atoms with Crippen molar-refractivity contribution >= 4 is 23.4 Å². The molecule has 0 aliphatic rings. The second-order valence-electron chi connectivity index (χ2n) is 8.91. The number of rotatable bonds is 13. The SMILES string of the molecule is CCCNC(=O)[C@@H](Cc1ccccc1)N(Cc1ccc(Cl)cc1)C(=O)CCCOc1ccc(C)cc1. The molecule has 5 nitrogen and oxygen atoms in total. The molecule has 1 N–H and O–H groups in total. The van der Waals surface area contributed by atoms with Crippen molar-refractivity contribution in [3.63, 3.8) is 0 Å². The Morgan fingerprint density at radius 1 is 0.944 bits per heavy atom. The van der Waals surface area contributed by atoms with E-state index in [9.17, 15) is 9.59 Å². The largest absolute Gasteiger partial charge is 0.494 e. The van der Waals surface area contributed by atoms with Crippen LogP contribution in [-0.2, 0) is 22.6 Å². The average molecular weight is 507 g/mol. The van der Waals surface area contributed by atoms with E-state index in [0.29, 0.717) is 37.6 Å². The van der Waals surface area contributed by atoms with Gasteiger partial charge < -0.3 is 15.0 Å². The minimum atomic E-state index is -0.625. The van der Waals surface area contributed by atoms with Gasteiger partial charge in [-0.1, -0.05) is 78.7 Å². The molecule has 190 valence electrons. The number of carbonyl (C=O) groups is 2. The zero-order valence-corrected chi connectivity index (χ0v) is 21.8. The van der Waals surface area contributed by atoms with Gasteiger partial charge in [-0.25, -0.2) is 0 Å². The maximum atomic E-state index is 13.5. The van der Waals surface area contributed by atoms with Crippen LogP contribution < -0.4 is 10.1 Å². The molecule has 0 unspecified atom stereocenters. The summed E-state index contributed by atoms with van der Waals surface area (Å²) in [7, 11) is 0. The predicted molar refractivity (Wildman–Crippen MR) is 145 cm³/mol. The van der Waals surface area contributed by atoms with Gasteiger partial charge in [-0.15, -0.1) is 0 Å². The summed E-state index contributed by atoms with van der Waals surface area (Å²) in [5.74, 6) is 0.566. The van der Waals surface area contributed by atoms with Gasteiger partial charge in [0.2, 0.25) is 11.8 Å². The van der Waals surface area contributed by atoms with E-state index in [1.165, 1.54) is 5.56 Å². The van der Waals surface area contributed by atoms with Crippen LogP contribution in [0, 0.1) is 6.92 Å². The highest BCUT2D eigenvalue weighted by Crippen LogP contribution is 2.18. The summed E-state index contributed by atoms with van der Waals surface area (Å²) >= 11 is 6.07. The van der Waals surface area contributed by atoms with E-state index in [2.05, 4.69) is 5.32 Å². The van der Waals surface area contributed by atoms with Gasteiger partial charge in [0.1, 0.15) is 11.8 Å². The molecule has 0 bridgehead atoms. The summed E-state index contributed by atoms with van der Waals surface area (Å²) in [6, 6.07) is 24.4. The lowest BCUT2D eigenvalue weighted by atomic mass is 10.0. The Hall–Kier alpha value is -3.31. The van der Waals surface area contributed by atoms with Crippen molar-refractivity contribution in [2.45, 2.75) is 52.1 Å². The number of hydrogen-bond donors (Lipinski definition) is 1. The predicted octanol–water partition coefficient (Wildman–Crippen LogP) is 5.97. The molecule has 3 rings (SSSR count). The monoisotopic (exact) mass is 506 g/mol. The Bertz CT molecular complexity index is 1090. The van der Waals surface area contributed by atoms with Crippen LogP contribution in [0.5, 0.6) is 5.75 Å². The van der Waals surface area contributed by atoms with E-state index < -0.39 is 6.04 Å². The highest BCUT2D eigenvalue weighted by Gasteiger charge is 2.30. The molecule has 36 heavy (non-hydrogen) atoms. The van der Waals surface area contributed by atoms with Crippen LogP contribution in [-0.4, -0.2) is 35.9 Å². The van der Waals surface area contributed by atoms with Gasteiger partial charge in [-0.2, -0.15) is 0 Å². The summed E-state index contributed by atoms with van der Waals surface area (Å²) in [4.78, 5) is 28.5. The standard InChI is InChI=1S/C30H35ClN2O3/c1-3-19-32-30(35)28(21-24-8-5-4-6-9-24)33(22-25-13-15-26(31)16-14-25)29(34)10-7-20-36-27-17-11-23(2)12-18-27/h4-6,8-9,11-18,28H,3,7,10,19-22H2,1-2H3,(H,32,35)/t28-/m1/s1. The summed E-state index contributed by atoms with van der Waals surface area (Å²) in [6.45, 7) is 5.36. The normalized spacial score (nSPS) is 11.5. The van der Waals surface area contributed by atoms with Crippen LogP contribution in [0.4, 0.5) is 0 Å². The van der Waals surface area contributed by atoms with Crippen molar-refractivity contribution in [1.29, 1.82) is 0 Å². The van der Waals surface area contributed by atoms with Crippen molar-refractivity contribution in [3.05, 3.63) is 101 Å². The van der Waals surface area contributed by atoms with E-state index in [1.807, 2.05) is 80.6 Å². The summed E-state index contributed by atoms with van der Waals surface area (Å²) < 4.78 is 5.81. The third-order valence-electron chi connectivity index (χ3n) is 5.91. The van der Waals surface area contributed by atoms with Crippen molar-refractivity contribution in [3.8, 4) is 5.75 Å². The van der Waals surface area contributed by atoms with Crippen molar-refractivity contribution in [2.24, 2.45) is 0 Å². The molecule has 0 spiro atoms. The quantitative estimate of drug-likeness (QED) is 0.290. The smallest absolute Gasteiger partial charge is 0.243 e. The van der Waals surface area contributed by atoms with E-state index in [-0.39, 0.29) is 18.2 Å². The fourth-order valence-electron chi connectivity index (χ4n) is 3.90. The van der Waals surface area contributed by atoms with Crippen LogP contribution in [0.1, 0.15) is 42.9 Å². The second kappa shape index (κ2) is 14.3. The van der Waals surface area contributed by atoms with Crippen LogP contribution in [0.25, 0.3) is 0 Å². The Kier molecular flexibility index (Phi) is 10.8. The van der Waals surface area contributed by atoms with Gasteiger partial charge in [0, 0.05) is 31.0 Å². The van der Waals surface area contributed by atoms with Gasteiger partial charge in [0.25, 0.3) is 0 Å². The number of amides is 2. The van der Waals surface area contributed by atoms with Crippen molar-refractivity contribution < 1.29 is 14.3 Å². The van der Waals surface area contributed by atoms with Gasteiger partial charge in [-0.05, 0) is 55.2 Å². The zero-order chi connectivity index (χ0) is 25.8. The van der Waals surface area contributed by atoms with Crippen LogP contribution in [0.2, 0.25) is 5.02 Å². The third kappa shape index (κ3) is 8.72. The molecular formula is C30H35ClN2O3. The topological polar surface area (TPSA) is 58.6 Å². The van der Waals surface area contributed by atoms with Crippen LogP contribution in [0.15, 0.2) is 78.9 Å². The molecule has 0 saturated heterocycles. The van der Waals surface area contributed by atoms with E-state index >= 15 is 0 Å². The molecule has 6 heteroatoms.